The molecule has 0 saturated carbocycles. The van der Waals surface area contributed by atoms with Gasteiger partial charge in [0, 0.05) is 10.2 Å². The van der Waals surface area contributed by atoms with E-state index >= 15 is 0 Å². The van der Waals surface area contributed by atoms with Gasteiger partial charge in [0.15, 0.2) is 0 Å². The standard InChI is InChI=1S/C8H12Si/c1-6-3-4-7(2)8(9)5-6/h3-5H,1-2,9H3. The first-order valence-electron chi connectivity index (χ1n) is 3.24. The Balaban J connectivity index is 3.17. The van der Waals surface area contributed by atoms with E-state index in [0.29, 0.717) is 0 Å². The molecule has 0 bridgehead atoms. The second-order valence-corrected chi connectivity index (χ2v) is 3.67. The first kappa shape index (κ1) is 6.56. The summed E-state index contributed by atoms with van der Waals surface area (Å²) in [5.74, 6) is 0. The van der Waals surface area contributed by atoms with Gasteiger partial charge in [-0.25, -0.2) is 0 Å². The lowest BCUT2D eigenvalue weighted by atomic mass is 10.2. The molecule has 1 heteroatoms. The molecule has 1 rings (SSSR count). The lowest BCUT2D eigenvalue weighted by Gasteiger charge is -1.98. The third kappa shape index (κ3) is 1.42. The minimum Gasteiger partial charge on any atom is -0.0677 e. The third-order valence-electron chi connectivity index (χ3n) is 1.66. The molecule has 0 spiro atoms. The summed E-state index contributed by atoms with van der Waals surface area (Å²) < 4.78 is 0. The zero-order chi connectivity index (χ0) is 6.85. The van der Waals surface area contributed by atoms with Crippen LogP contribution in [0.15, 0.2) is 18.2 Å². The molecule has 0 unspecified atom stereocenters. The maximum absolute atomic E-state index is 2.27. The molecule has 0 atom stereocenters. The van der Waals surface area contributed by atoms with Crippen LogP contribution in [0.25, 0.3) is 0 Å². The summed E-state index contributed by atoms with van der Waals surface area (Å²) in [6, 6.07) is 6.62. The summed E-state index contributed by atoms with van der Waals surface area (Å²) in [6.45, 7) is 4.31. The van der Waals surface area contributed by atoms with Crippen molar-refractivity contribution in [3.8, 4) is 0 Å². The van der Waals surface area contributed by atoms with Gasteiger partial charge in [0.1, 0.15) is 0 Å². The first-order chi connectivity index (χ1) is 4.20. The van der Waals surface area contributed by atoms with Crippen molar-refractivity contribution in [2.45, 2.75) is 13.8 Å². The zero-order valence-electron chi connectivity index (χ0n) is 6.23. The van der Waals surface area contributed by atoms with E-state index < -0.39 is 0 Å². The molecule has 0 radical (unpaired) electrons. The second-order valence-electron chi connectivity index (χ2n) is 2.59. The molecule has 0 aliphatic heterocycles. The molecule has 0 aliphatic rings. The summed E-state index contributed by atoms with van der Waals surface area (Å²) in [5, 5.41) is 1.52. The highest BCUT2D eigenvalue weighted by Gasteiger charge is 1.88. The van der Waals surface area contributed by atoms with Crippen molar-refractivity contribution in [1.29, 1.82) is 0 Å². The van der Waals surface area contributed by atoms with Crippen LogP contribution in [0.2, 0.25) is 0 Å². The SMILES string of the molecule is Cc1ccc(C)c([SiH3])c1. The van der Waals surface area contributed by atoms with Crippen molar-refractivity contribution in [3.05, 3.63) is 29.3 Å². The van der Waals surface area contributed by atoms with E-state index in [4.69, 9.17) is 0 Å². The molecule has 1 aromatic carbocycles. The summed E-state index contributed by atoms with van der Waals surface area (Å²) in [5.41, 5.74) is 2.82. The van der Waals surface area contributed by atoms with E-state index in [-0.39, 0.29) is 0 Å². The van der Waals surface area contributed by atoms with E-state index in [1.54, 1.807) is 0 Å². The Morgan fingerprint density at radius 3 is 2.33 bits per heavy atom. The van der Waals surface area contributed by atoms with Crippen LogP contribution >= 0.6 is 0 Å². The van der Waals surface area contributed by atoms with Crippen molar-refractivity contribution in [1.82, 2.24) is 0 Å². The lowest BCUT2D eigenvalue weighted by Crippen LogP contribution is -2.06. The fourth-order valence-electron chi connectivity index (χ4n) is 0.891. The molecule has 0 heterocycles. The second kappa shape index (κ2) is 2.36. The fourth-order valence-corrected chi connectivity index (χ4v) is 1.51. The number of rotatable bonds is 0. The van der Waals surface area contributed by atoms with E-state index in [1.807, 2.05) is 0 Å². The van der Waals surface area contributed by atoms with Gasteiger partial charge in [-0.2, -0.15) is 0 Å². The van der Waals surface area contributed by atoms with Crippen molar-refractivity contribution < 1.29 is 0 Å². The maximum atomic E-state index is 2.27. The summed E-state index contributed by atoms with van der Waals surface area (Å²) >= 11 is 0. The Morgan fingerprint density at radius 1 is 1.22 bits per heavy atom. The van der Waals surface area contributed by atoms with E-state index in [1.165, 1.54) is 26.6 Å². The molecule has 0 aromatic heterocycles. The smallest absolute Gasteiger partial charge is 0.0388 e. The number of hydrogen-bond donors (Lipinski definition) is 0. The minimum absolute atomic E-state index is 1.17. The van der Waals surface area contributed by atoms with Crippen molar-refractivity contribution in [3.63, 3.8) is 0 Å². The molecule has 0 nitrogen and oxygen atoms in total. The van der Waals surface area contributed by atoms with E-state index in [0.717, 1.165) is 0 Å². The molecule has 48 valence electrons. The van der Waals surface area contributed by atoms with Gasteiger partial charge in [0.25, 0.3) is 0 Å². The Labute approximate surface area is 59.3 Å². The molecular formula is C8H12Si. The first-order valence-corrected chi connectivity index (χ1v) is 4.24. The molecule has 0 saturated heterocycles. The molecular weight excluding hydrogens is 124 g/mol. The molecule has 0 aliphatic carbocycles. The number of benzene rings is 1. The van der Waals surface area contributed by atoms with Crippen molar-refractivity contribution in [2.24, 2.45) is 0 Å². The van der Waals surface area contributed by atoms with Crippen LogP contribution in [0.1, 0.15) is 11.1 Å². The summed E-state index contributed by atoms with van der Waals surface area (Å²) in [6.07, 6.45) is 0. The third-order valence-corrected chi connectivity index (χ3v) is 2.74. The summed E-state index contributed by atoms with van der Waals surface area (Å²) in [7, 11) is 1.17. The highest BCUT2D eigenvalue weighted by Crippen LogP contribution is 1.96. The fraction of sp³-hybridized carbons (Fsp3) is 0.250. The predicted molar refractivity (Wildman–Crippen MR) is 45.5 cm³/mol. The number of hydrogen-bond acceptors (Lipinski definition) is 0. The van der Waals surface area contributed by atoms with Gasteiger partial charge in [0.2, 0.25) is 0 Å². The normalized spacial score (nSPS) is 10.0. The van der Waals surface area contributed by atoms with Gasteiger partial charge < -0.3 is 0 Å². The minimum atomic E-state index is 1.17. The van der Waals surface area contributed by atoms with Crippen LogP contribution in [0.3, 0.4) is 0 Å². The van der Waals surface area contributed by atoms with E-state index in [9.17, 15) is 0 Å². The molecule has 9 heavy (non-hydrogen) atoms. The Bertz CT molecular complexity index is 216. The van der Waals surface area contributed by atoms with Crippen LogP contribution in [0.5, 0.6) is 0 Å². The van der Waals surface area contributed by atoms with Gasteiger partial charge >= 0.3 is 0 Å². The van der Waals surface area contributed by atoms with Crippen molar-refractivity contribution in [2.75, 3.05) is 0 Å². The van der Waals surface area contributed by atoms with Gasteiger partial charge in [0.05, 0.1) is 0 Å². The summed E-state index contributed by atoms with van der Waals surface area (Å²) in [4.78, 5) is 0. The molecule has 1 aromatic rings. The van der Waals surface area contributed by atoms with Crippen LogP contribution in [-0.2, 0) is 0 Å². The highest BCUT2D eigenvalue weighted by molar-refractivity contribution is 6.33. The van der Waals surface area contributed by atoms with Crippen LogP contribution < -0.4 is 5.19 Å². The maximum Gasteiger partial charge on any atom is 0.0388 e. The van der Waals surface area contributed by atoms with Crippen LogP contribution in [0.4, 0.5) is 0 Å². The zero-order valence-corrected chi connectivity index (χ0v) is 8.23. The van der Waals surface area contributed by atoms with Crippen LogP contribution in [0, 0.1) is 13.8 Å². The number of aryl methyl sites for hydroxylation is 2. The Kier molecular flexibility index (Phi) is 1.72. The topological polar surface area (TPSA) is 0 Å². The van der Waals surface area contributed by atoms with Gasteiger partial charge in [-0.15, -0.1) is 0 Å². The van der Waals surface area contributed by atoms with Crippen molar-refractivity contribution >= 4 is 15.4 Å². The predicted octanol–water partition coefficient (Wildman–Crippen LogP) is 0.294. The largest absolute Gasteiger partial charge is 0.0677 e. The molecule has 0 fully saturated rings. The average Bonchev–Trinajstić information content (AvgIpc) is 1.80. The Hall–Kier alpha value is -0.563. The monoisotopic (exact) mass is 136 g/mol. The van der Waals surface area contributed by atoms with E-state index in [2.05, 4.69) is 32.0 Å². The van der Waals surface area contributed by atoms with Gasteiger partial charge in [-0.05, 0) is 13.8 Å². The Morgan fingerprint density at radius 2 is 1.89 bits per heavy atom. The van der Waals surface area contributed by atoms with Gasteiger partial charge in [-0.1, -0.05) is 34.5 Å². The highest BCUT2D eigenvalue weighted by atomic mass is 28.1. The quantitative estimate of drug-likeness (QED) is 0.450. The molecule has 0 amide bonds. The lowest BCUT2D eigenvalue weighted by molar-refractivity contribution is 1.43. The van der Waals surface area contributed by atoms with Gasteiger partial charge in [-0.3, -0.25) is 0 Å². The average molecular weight is 136 g/mol. The molecule has 0 N–H and O–H groups in total. The van der Waals surface area contributed by atoms with Crippen LogP contribution in [-0.4, -0.2) is 10.2 Å².